The lowest BCUT2D eigenvalue weighted by Crippen LogP contribution is -2.15. The van der Waals surface area contributed by atoms with E-state index in [4.69, 9.17) is 5.73 Å². The molecule has 3 nitrogen and oxygen atoms in total. The van der Waals surface area contributed by atoms with Crippen molar-refractivity contribution in [2.75, 3.05) is 12.3 Å². The van der Waals surface area contributed by atoms with E-state index in [0.717, 1.165) is 11.4 Å². The molecule has 1 heterocycles. The zero-order valence-electron chi connectivity index (χ0n) is 10.4. The number of benzene rings is 1. The number of nitrogens with two attached hydrogens (primary N) is 1. The van der Waals surface area contributed by atoms with Crippen molar-refractivity contribution in [2.24, 2.45) is 5.73 Å². The summed E-state index contributed by atoms with van der Waals surface area (Å²) in [7, 11) is 0. The fourth-order valence-corrected chi connectivity index (χ4v) is 2.54. The Morgan fingerprint density at radius 3 is 2.56 bits per heavy atom. The highest BCUT2D eigenvalue weighted by molar-refractivity contribution is 7.99. The third kappa shape index (κ3) is 3.09. The van der Waals surface area contributed by atoms with E-state index in [1.807, 2.05) is 11.8 Å². The molecule has 1 atom stereocenters. The maximum atomic E-state index is 5.86. The van der Waals surface area contributed by atoms with Crippen molar-refractivity contribution in [3.8, 4) is 0 Å². The van der Waals surface area contributed by atoms with Gasteiger partial charge in [-0.05, 0) is 23.4 Å². The molecule has 0 bridgehead atoms. The zero-order valence-corrected chi connectivity index (χ0v) is 11.2. The Balaban J connectivity index is 2.23. The maximum absolute atomic E-state index is 5.86. The smallest absolute Gasteiger partial charge is 0.0674 e. The number of nitrogens with zero attached hydrogens (tertiary/aromatic N) is 2. The molecule has 0 aliphatic carbocycles. The van der Waals surface area contributed by atoms with E-state index >= 15 is 0 Å². The number of aromatic nitrogens is 2. The highest BCUT2D eigenvalue weighted by Gasteiger charge is 2.13. The van der Waals surface area contributed by atoms with E-state index in [-0.39, 0.29) is 5.92 Å². The average molecular weight is 259 g/mol. The van der Waals surface area contributed by atoms with Gasteiger partial charge < -0.3 is 5.73 Å². The number of hydrogen-bond donors (Lipinski definition) is 1. The van der Waals surface area contributed by atoms with Crippen LogP contribution in [-0.2, 0) is 0 Å². The van der Waals surface area contributed by atoms with Crippen molar-refractivity contribution >= 4 is 11.8 Å². The minimum Gasteiger partial charge on any atom is -0.329 e. The largest absolute Gasteiger partial charge is 0.329 e. The van der Waals surface area contributed by atoms with E-state index in [1.165, 1.54) is 10.5 Å². The molecule has 4 heteroatoms. The summed E-state index contributed by atoms with van der Waals surface area (Å²) in [5, 5.41) is 0. The second-order valence-electron chi connectivity index (χ2n) is 3.92. The minimum atomic E-state index is 0.124. The molecule has 1 aromatic heterocycles. The maximum Gasteiger partial charge on any atom is 0.0674 e. The van der Waals surface area contributed by atoms with E-state index in [0.29, 0.717) is 6.54 Å². The number of hydrogen-bond acceptors (Lipinski definition) is 4. The average Bonchev–Trinajstić information content (AvgIpc) is 2.43. The SMILES string of the molecule is CCSc1ccc(C(CN)c2cnccn2)cc1. The van der Waals surface area contributed by atoms with Gasteiger partial charge in [0.15, 0.2) is 0 Å². The predicted molar refractivity (Wildman–Crippen MR) is 75.8 cm³/mol. The molecule has 0 spiro atoms. The summed E-state index contributed by atoms with van der Waals surface area (Å²) in [5.74, 6) is 1.21. The summed E-state index contributed by atoms with van der Waals surface area (Å²) < 4.78 is 0. The fraction of sp³-hybridized carbons (Fsp3) is 0.286. The Morgan fingerprint density at radius 1 is 1.22 bits per heavy atom. The van der Waals surface area contributed by atoms with E-state index in [1.54, 1.807) is 18.6 Å². The fourth-order valence-electron chi connectivity index (χ4n) is 1.88. The van der Waals surface area contributed by atoms with Gasteiger partial charge in [0.2, 0.25) is 0 Å². The molecule has 1 unspecified atom stereocenters. The monoisotopic (exact) mass is 259 g/mol. The molecular weight excluding hydrogens is 242 g/mol. The molecule has 0 aliphatic heterocycles. The molecule has 2 aromatic rings. The number of rotatable bonds is 5. The first-order valence-corrected chi connectivity index (χ1v) is 7.02. The van der Waals surface area contributed by atoms with Crippen LogP contribution in [0.3, 0.4) is 0 Å². The van der Waals surface area contributed by atoms with Crippen molar-refractivity contribution in [3.63, 3.8) is 0 Å². The molecule has 0 fully saturated rings. The van der Waals surface area contributed by atoms with Crippen LogP contribution in [0, 0.1) is 0 Å². The van der Waals surface area contributed by atoms with Crippen LogP contribution in [0.15, 0.2) is 47.8 Å². The summed E-state index contributed by atoms with van der Waals surface area (Å²) in [4.78, 5) is 9.73. The van der Waals surface area contributed by atoms with Gasteiger partial charge in [-0.1, -0.05) is 19.1 Å². The zero-order chi connectivity index (χ0) is 12.8. The second-order valence-corrected chi connectivity index (χ2v) is 5.26. The standard InChI is InChI=1S/C14H17N3S/c1-2-18-12-5-3-11(4-6-12)13(9-15)14-10-16-7-8-17-14/h3-8,10,13H,2,9,15H2,1H3. The number of thioether (sulfide) groups is 1. The molecule has 18 heavy (non-hydrogen) atoms. The lowest BCUT2D eigenvalue weighted by Gasteiger charge is -2.14. The summed E-state index contributed by atoms with van der Waals surface area (Å²) in [6, 6.07) is 8.54. The Labute approximate surface area is 112 Å². The molecule has 94 valence electrons. The van der Waals surface area contributed by atoms with Gasteiger partial charge in [-0.2, -0.15) is 0 Å². The summed E-state index contributed by atoms with van der Waals surface area (Å²) in [6.07, 6.45) is 5.17. The summed E-state index contributed by atoms with van der Waals surface area (Å²) in [6.45, 7) is 2.69. The Bertz CT molecular complexity index is 470. The van der Waals surface area contributed by atoms with Gasteiger partial charge >= 0.3 is 0 Å². The van der Waals surface area contributed by atoms with Crippen LogP contribution in [0.25, 0.3) is 0 Å². The van der Waals surface area contributed by atoms with Gasteiger partial charge in [-0.25, -0.2) is 0 Å². The molecule has 0 radical (unpaired) electrons. The Morgan fingerprint density at radius 2 is 2.00 bits per heavy atom. The third-order valence-corrected chi connectivity index (χ3v) is 3.66. The third-order valence-electron chi connectivity index (χ3n) is 2.77. The molecule has 2 rings (SSSR count). The van der Waals surface area contributed by atoms with Crippen LogP contribution in [-0.4, -0.2) is 22.3 Å². The van der Waals surface area contributed by atoms with Crippen molar-refractivity contribution in [3.05, 3.63) is 54.1 Å². The molecule has 1 aromatic carbocycles. The highest BCUT2D eigenvalue weighted by atomic mass is 32.2. The molecule has 0 saturated heterocycles. The van der Waals surface area contributed by atoms with Crippen LogP contribution in [0.1, 0.15) is 24.1 Å². The Hall–Kier alpha value is -1.39. The predicted octanol–water partition coefficient (Wildman–Crippen LogP) is 2.68. The lowest BCUT2D eigenvalue weighted by atomic mass is 9.96. The first kappa shape index (κ1) is 13.1. The van der Waals surface area contributed by atoms with E-state index in [2.05, 4.69) is 41.2 Å². The van der Waals surface area contributed by atoms with Crippen LogP contribution in [0.4, 0.5) is 0 Å². The Kier molecular flexibility index (Phi) is 4.73. The van der Waals surface area contributed by atoms with Crippen molar-refractivity contribution < 1.29 is 0 Å². The first-order chi connectivity index (χ1) is 8.85. The second kappa shape index (κ2) is 6.52. The minimum absolute atomic E-state index is 0.124. The van der Waals surface area contributed by atoms with Gasteiger partial charge in [0.05, 0.1) is 5.69 Å². The van der Waals surface area contributed by atoms with E-state index < -0.39 is 0 Å². The topological polar surface area (TPSA) is 51.8 Å². The lowest BCUT2D eigenvalue weighted by molar-refractivity contribution is 0.778. The first-order valence-electron chi connectivity index (χ1n) is 6.04. The molecular formula is C14H17N3S. The van der Waals surface area contributed by atoms with Crippen LogP contribution in [0.2, 0.25) is 0 Å². The van der Waals surface area contributed by atoms with Crippen LogP contribution >= 0.6 is 11.8 Å². The highest BCUT2D eigenvalue weighted by Crippen LogP contribution is 2.24. The molecule has 0 aliphatic rings. The summed E-state index contributed by atoms with van der Waals surface area (Å²) >= 11 is 1.84. The van der Waals surface area contributed by atoms with Gasteiger partial charge in [0, 0.05) is 35.9 Å². The van der Waals surface area contributed by atoms with Gasteiger partial charge in [0.25, 0.3) is 0 Å². The summed E-state index contributed by atoms with van der Waals surface area (Å²) in [5.41, 5.74) is 7.98. The van der Waals surface area contributed by atoms with Gasteiger partial charge in [0.1, 0.15) is 0 Å². The van der Waals surface area contributed by atoms with Crippen molar-refractivity contribution in [2.45, 2.75) is 17.7 Å². The van der Waals surface area contributed by atoms with Crippen molar-refractivity contribution in [1.29, 1.82) is 0 Å². The van der Waals surface area contributed by atoms with Crippen LogP contribution in [0.5, 0.6) is 0 Å². The normalized spacial score (nSPS) is 12.3. The molecule has 0 saturated carbocycles. The van der Waals surface area contributed by atoms with E-state index in [9.17, 15) is 0 Å². The van der Waals surface area contributed by atoms with Gasteiger partial charge in [-0.3, -0.25) is 9.97 Å². The van der Waals surface area contributed by atoms with Crippen LogP contribution < -0.4 is 5.73 Å². The molecule has 2 N–H and O–H groups in total. The van der Waals surface area contributed by atoms with Crippen molar-refractivity contribution in [1.82, 2.24) is 9.97 Å². The molecule has 0 amide bonds. The quantitative estimate of drug-likeness (QED) is 0.839. The van der Waals surface area contributed by atoms with Gasteiger partial charge in [-0.15, -0.1) is 11.8 Å².